The van der Waals surface area contributed by atoms with Gasteiger partial charge in [-0.1, -0.05) is 176 Å². The highest BCUT2D eigenvalue weighted by Gasteiger charge is 2.51. The molecule has 1 atom stereocenters. The minimum Gasteiger partial charge on any atom is -0.457 e. The van der Waals surface area contributed by atoms with Crippen LogP contribution in [-0.2, 0) is 11.8 Å². The first-order valence-corrected chi connectivity index (χ1v) is 21.4. The van der Waals surface area contributed by atoms with Gasteiger partial charge < -0.3 is 9.14 Å². The predicted octanol–water partition coefficient (Wildman–Crippen LogP) is 15.0. The van der Waals surface area contributed by atoms with E-state index in [2.05, 4.69) is 211 Å². The topological polar surface area (TPSA) is 13.6 Å². The van der Waals surface area contributed by atoms with Gasteiger partial charge in [0.1, 0.15) is 11.5 Å². The third kappa shape index (κ3) is 4.36. The minimum absolute atomic E-state index is 0.0954. The van der Waals surface area contributed by atoms with E-state index in [1.165, 1.54) is 110 Å². The van der Waals surface area contributed by atoms with Crippen molar-refractivity contribution in [3.63, 3.8) is 0 Å². The maximum Gasteiger partial charge on any atom is 0.132 e. The van der Waals surface area contributed by atoms with Gasteiger partial charge in [-0.2, -0.15) is 0 Å². The van der Waals surface area contributed by atoms with E-state index < -0.39 is 5.41 Å². The lowest BCUT2D eigenvalue weighted by Gasteiger charge is -2.39. The molecule has 1 aliphatic carbocycles. The molecule has 0 fully saturated rings. The quantitative estimate of drug-likeness (QED) is 0.162. The Kier molecular flexibility index (Phi) is 6.63. The molecule has 0 bridgehead atoms. The number of hydrogen-bond acceptors (Lipinski definition) is 1. The molecular formula is C59H37NO. The van der Waals surface area contributed by atoms with Crippen LogP contribution in [0, 0.1) is 0 Å². The summed E-state index contributed by atoms with van der Waals surface area (Å²) in [5.74, 6) is 1.93. The molecule has 0 N–H and O–H groups in total. The average molecular weight is 776 g/mol. The van der Waals surface area contributed by atoms with E-state index in [1.807, 2.05) is 0 Å². The molecule has 0 unspecified atom stereocenters. The number of nitrogens with zero attached hydrogens (tertiary/aromatic N) is 1. The molecular weight excluding hydrogens is 739 g/mol. The summed E-state index contributed by atoms with van der Waals surface area (Å²) in [6, 6.07) is 77.1. The maximum absolute atomic E-state index is 6.63. The fourth-order valence-electron chi connectivity index (χ4n) is 11.7. The summed E-state index contributed by atoms with van der Waals surface area (Å²) in [4.78, 5) is 0. The zero-order valence-corrected chi connectivity index (χ0v) is 33.3. The molecule has 284 valence electrons. The van der Waals surface area contributed by atoms with E-state index in [1.54, 1.807) is 0 Å². The smallest absolute Gasteiger partial charge is 0.132 e. The van der Waals surface area contributed by atoms with Crippen molar-refractivity contribution < 1.29 is 4.74 Å². The van der Waals surface area contributed by atoms with Crippen molar-refractivity contribution in [2.45, 2.75) is 17.8 Å². The van der Waals surface area contributed by atoms with Crippen LogP contribution in [-0.4, -0.2) is 4.40 Å². The zero-order valence-electron chi connectivity index (χ0n) is 33.3. The van der Waals surface area contributed by atoms with E-state index in [9.17, 15) is 0 Å². The Hall–Kier alpha value is -7.68. The van der Waals surface area contributed by atoms with Crippen molar-refractivity contribution in [1.29, 1.82) is 0 Å². The molecule has 0 saturated carbocycles. The number of hydrogen-bond donors (Lipinski definition) is 0. The summed E-state index contributed by atoms with van der Waals surface area (Å²) < 4.78 is 9.18. The van der Waals surface area contributed by atoms with Crippen LogP contribution in [0.3, 0.4) is 0 Å². The van der Waals surface area contributed by atoms with Gasteiger partial charge in [0, 0.05) is 38.6 Å². The SMILES string of the molecule is c1ccc(C[C@@H](c2ccc3c(c2)-c2ccccc2C32c3ccccc3Oc3ccccc32)c2ccc3c(c2)c2cccc4ccc5ccc6c7ccccc7n3c6c5c42)cc1. The lowest BCUT2D eigenvalue weighted by molar-refractivity contribution is 0.436. The number of fused-ring (bicyclic) bond motifs is 15. The molecule has 61 heavy (non-hydrogen) atoms. The second-order valence-corrected chi connectivity index (χ2v) is 17.1. The lowest BCUT2D eigenvalue weighted by Crippen LogP contribution is -2.32. The average Bonchev–Trinajstić information content (AvgIpc) is 3.76. The third-order valence-electron chi connectivity index (χ3n) is 14.2. The van der Waals surface area contributed by atoms with Crippen molar-refractivity contribution in [3.05, 3.63) is 245 Å². The molecule has 0 radical (unpaired) electrons. The van der Waals surface area contributed by atoms with Gasteiger partial charge >= 0.3 is 0 Å². The summed E-state index contributed by atoms with van der Waals surface area (Å²) in [6.45, 7) is 0. The molecule has 1 aliphatic heterocycles. The molecule has 2 heteroatoms. The first kappa shape index (κ1) is 33.2. The first-order valence-electron chi connectivity index (χ1n) is 21.4. The second kappa shape index (κ2) is 12.2. The van der Waals surface area contributed by atoms with Gasteiger partial charge in [0.2, 0.25) is 0 Å². The van der Waals surface area contributed by atoms with Gasteiger partial charge in [0.25, 0.3) is 0 Å². The summed E-state index contributed by atoms with van der Waals surface area (Å²) in [5.41, 5.74) is 14.8. The van der Waals surface area contributed by atoms with Crippen molar-refractivity contribution in [3.8, 4) is 22.6 Å². The van der Waals surface area contributed by atoms with Gasteiger partial charge in [-0.25, -0.2) is 0 Å². The Morgan fingerprint density at radius 1 is 0.410 bits per heavy atom. The molecule has 2 aromatic heterocycles. The van der Waals surface area contributed by atoms with Crippen LogP contribution >= 0.6 is 0 Å². The molecule has 12 aromatic rings. The van der Waals surface area contributed by atoms with Gasteiger partial charge in [0.05, 0.1) is 22.0 Å². The molecule has 2 nitrogen and oxygen atoms in total. The lowest BCUT2D eigenvalue weighted by atomic mass is 9.66. The predicted molar refractivity (Wildman–Crippen MR) is 252 cm³/mol. The molecule has 3 heterocycles. The van der Waals surface area contributed by atoms with Crippen LogP contribution in [0.4, 0.5) is 0 Å². The maximum atomic E-state index is 6.63. The zero-order chi connectivity index (χ0) is 39.8. The van der Waals surface area contributed by atoms with Crippen molar-refractivity contribution in [2.75, 3.05) is 0 Å². The van der Waals surface area contributed by atoms with Crippen LogP contribution in [0.5, 0.6) is 11.5 Å². The van der Waals surface area contributed by atoms with E-state index >= 15 is 0 Å². The second-order valence-electron chi connectivity index (χ2n) is 17.1. The molecule has 14 rings (SSSR count). The normalized spacial score (nSPS) is 14.2. The molecule has 0 saturated heterocycles. The third-order valence-corrected chi connectivity index (χ3v) is 14.2. The summed E-state index contributed by atoms with van der Waals surface area (Å²) in [6.07, 6.45) is 0.876. The summed E-state index contributed by atoms with van der Waals surface area (Å²) in [5, 5.41) is 10.4. The first-order chi connectivity index (χ1) is 30.3. The molecule has 2 aliphatic rings. The van der Waals surface area contributed by atoms with Crippen LogP contribution in [0.15, 0.2) is 206 Å². The Morgan fingerprint density at radius 3 is 1.87 bits per heavy atom. The fraction of sp³-hybridized carbons (Fsp3) is 0.0508. The van der Waals surface area contributed by atoms with Crippen LogP contribution in [0.1, 0.15) is 44.9 Å². The van der Waals surface area contributed by atoms with Crippen molar-refractivity contribution in [1.82, 2.24) is 4.40 Å². The standard InChI is InChI=1S/C59H37NO/c1-2-13-36(14-3-1)33-45(39-28-31-49-46(34-39)41-16-4-6-19-48(41)59(49)50-20-7-10-23-54(50)61-55-24-11-8-21-51(55)59)40-29-32-53-47(35-40)43-18-12-15-37-25-26-38-27-30-44-42-17-5-9-22-52(42)60(53)58(44)57(38)56(37)43/h1-32,34-35,45H,33H2/t45-/m0/s1. The molecule has 1 spiro atoms. The van der Waals surface area contributed by atoms with Crippen LogP contribution in [0.2, 0.25) is 0 Å². The highest BCUT2D eigenvalue weighted by Crippen LogP contribution is 2.62. The highest BCUT2D eigenvalue weighted by molar-refractivity contribution is 6.32. The summed E-state index contributed by atoms with van der Waals surface area (Å²) in [7, 11) is 0. The number of rotatable bonds is 4. The van der Waals surface area contributed by atoms with Gasteiger partial charge in [-0.3, -0.25) is 0 Å². The van der Waals surface area contributed by atoms with E-state index in [0.717, 1.165) is 17.9 Å². The monoisotopic (exact) mass is 775 g/mol. The molecule has 0 amide bonds. The highest BCUT2D eigenvalue weighted by atomic mass is 16.5. The Labute approximate surface area is 352 Å². The van der Waals surface area contributed by atoms with Gasteiger partial charge in [-0.05, 0) is 97.2 Å². The van der Waals surface area contributed by atoms with Crippen LogP contribution < -0.4 is 4.74 Å². The van der Waals surface area contributed by atoms with E-state index in [0.29, 0.717) is 0 Å². The number of benzene rings is 10. The van der Waals surface area contributed by atoms with Crippen molar-refractivity contribution >= 4 is 59.6 Å². The van der Waals surface area contributed by atoms with E-state index in [-0.39, 0.29) is 5.92 Å². The minimum atomic E-state index is -0.492. The van der Waals surface area contributed by atoms with Gasteiger partial charge in [0.15, 0.2) is 0 Å². The Bertz CT molecular complexity index is 3730. The number of ether oxygens (including phenoxy) is 1. The largest absolute Gasteiger partial charge is 0.457 e. The Morgan fingerprint density at radius 2 is 1.03 bits per heavy atom. The van der Waals surface area contributed by atoms with Crippen LogP contribution in [0.25, 0.3) is 70.8 Å². The summed E-state index contributed by atoms with van der Waals surface area (Å²) >= 11 is 0. The molecule has 10 aromatic carbocycles. The number of para-hydroxylation sites is 3. The van der Waals surface area contributed by atoms with E-state index in [4.69, 9.17) is 4.74 Å². The van der Waals surface area contributed by atoms with Crippen molar-refractivity contribution in [2.24, 2.45) is 0 Å². The fourth-order valence-corrected chi connectivity index (χ4v) is 11.7. The Balaban J connectivity index is 1.05. The number of aromatic nitrogens is 1. The van der Waals surface area contributed by atoms with Gasteiger partial charge in [-0.15, -0.1) is 0 Å².